The van der Waals surface area contributed by atoms with Crippen LogP contribution in [0.2, 0.25) is 0 Å². The number of hydrogen-bond acceptors (Lipinski definition) is 6. The van der Waals surface area contributed by atoms with Gasteiger partial charge in [0.25, 0.3) is 0 Å². The average molecular weight is 1020 g/mol. The van der Waals surface area contributed by atoms with Gasteiger partial charge in [-0.25, -0.2) is 0 Å². The molecule has 0 amide bonds. The standard InChI is InChI=1S/C66H80N4O2P2/c1-5-21-41(22-6-1)67-49-31-17-33-51-61(49)73-63-53(35-39-19-13-15-29-45(39)57(63)67)71-55-37-48-47(59(65(55)73)69(51)43-25-9-3-10-26-43)38-56-66-60(48)70(44-27-11-4-12-28-44)52-34-18-32-50-62(52)74(66)64-54(72-56)36-40-20-14-16-30-46(40)58(64)68(50)42-23-7-2-8-24-42/h1-12,21-28,39-40,45-66H,13-20,29-38H2. The Kier molecular flexibility index (Phi) is 10.4. The van der Waals surface area contributed by atoms with Gasteiger partial charge in [0.2, 0.25) is 0 Å². The Morgan fingerprint density at radius 1 is 0.297 bits per heavy atom. The number of para-hydroxylation sites is 4. The van der Waals surface area contributed by atoms with Crippen LogP contribution in [0.5, 0.6) is 0 Å². The summed E-state index contributed by atoms with van der Waals surface area (Å²) in [5, 5.41) is 0. The summed E-state index contributed by atoms with van der Waals surface area (Å²) in [6, 6.07) is 53.0. The van der Waals surface area contributed by atoms with Crippen molar-refractivity contribution in [2.24, 2.45) is 35.5 Å². The molecular weight excluding hydrogens is 943 g/mol. The van der Waals surface area contributed by atoms with Crippen molar-refractivity contribution in [2.45, 2.75) is 222 Å². The van der Waals surface area contributed by atoms with Crippen LogP contribution in [0.15, 0.2) is 121 Å². The van der Waals surface area contributed by atoms with Gasteiger partial charge in [-0.15, -0.1) is 0 Å². The molecule has 0 aromatic heterocycles. The third kappa shape index (κ3) is 6.16. The predicted molar refractivity (Wildman–Crippen MR) is 304 cm³/mol. The first-order chi connectivity index (χ1) is 36.8. The molecule has 0 radical (unpaired) electrons. The van der Waals surface area contributed by atoms with E-state index in [-0.39, 0.29) is 15.8 Å². The van der Waals surface area contributed by atoms with Crippen molar-refractivity contribution in [3.05, 3.63) is 121 Å². The van der Waals surface area contributed by atoms with Crippen LogP contribution in [0.1, 0.15) is 116 Å². The number of anilines is 4. The maximum absolute atomic E-state index is 8.34. The first kappa shape index (κ1) is 44.8. The van der Waals surface area contributed by atoms with Gasteiger partial charge in [-0.1, -0.05) is 127 Å². The lowest BCUT2D eigenvalue weighted by Crippen LogP contribution is -2.83. The van der Waals surface area contributed by atoms with Crippen molar-refractivity contribution < 1.29 is 9.47 Å². The quantitative estimate of drug-likeness (QED) is 0.189. The molecule has 0 spiro atoms. The molecule has 8 heteroatoms. The summed E-state index contributed by atoms with van der Waals surface area (Å²) in [7, 11) is -0.592. The molecule has 0 N–H and O–H groups in total. The Morgan fingerprint density at radius 3 is 0.932 bits per heavy atom. The minimum absolute atomic E-state index is 0.296. The van der Waals surface area contributed by atoms with Crippen molar-refractivity contribution in [2.75, 3.05) is 19.6 Å². The van der Waals surface area contributed by atoms with Gasteiger partial charge in [0.05, 0.1) is 24.4 Å². The zero-order chi connectivity index (χ0) is 47.9. The largest absolute Gasteiger partial charge is 0.373 e. The third-order valence-electron chi connectivity index (χ3n) is 24.5. The molecule has 6 saturated heterocycles. The van der Waals surface area contributed by atoms with Crippen LogP contribution in [0.4, 0.5) is 22.7 Å². The van der Waals surface area contributed by atoms with Gasteiger partial charge >= 0.3 is 0 Å². The molecule has 386 valence electrons. The zero-order valence-electron chi connectivity index (χ0n) is 43.6. The van der Waals surface area contributed by atoms with Gasteiger partial charge in [-0.05, 0) is 161 Å². The van der Waals surface area contributed by atoms with Crippen molar-refractivity contribution in [3.63, 3.8) is 0 Å². The number of nitrogens with zero attached hydrogens (tertiary/aromatic N) is 4. The predicted octanol–water partition coefficient (Wildman–Crippen LogP) is 13.6. The number of ether oxygens (including phenoxy) is 2. The van der Waals surface area contributed by atoms with Crippen LogP contribution in [0.3, 0.4) is 0 Å². The molecule has 8 saturated carbocycles. The van der Waals surface area contributed by atoms with Crippen LogP contribution in [0, 0.1) is 35.5 Å². The zero-order valence-corrected chi connectivity index (χ0v) is 45.4. The molecule has 0 bridgehead atoms. The highest BCUT2D eigenvalue weighted by molar-refractivity contribution is 7.61. The lowest BCUT2D eigenvalue weighted by atomic mass is 9.60. The summed E-state index contributed by atoms with van der Waals surface area (Å²) < 4.78 is 16.7. The molecule has 26 atom stereocenters. The van der Waals surface area contributed by atoms with E-state index in [4.69, 9.17) is 9.47 Å². The van der Waals surface area contributed by atoms with Crippen molar-refractivity contribution in [1.29, 1.82) is 0 Å². The number of benzene rings is 4. The van der Waals surface area contributed by atoms with E-state index in [0.29, 0.717) is 107 Å². The SMILES string of the molecule is c1ccc(N2C3CCCC4C3P3C5C(CC6CCCCC6C52)OC2CC5C(CC6OC7CC8CCCCC8C8C7P7C9C(CCCC9N(c9ccccc9)C5C67)N8c5ccccc5)C(C23)N4c2ccccc2)cc1. The fraction of sp³-hybridized carbons (Fsp3) is 0.636. The third-order valence-corrected chi connectivity index (χ3v) is 32.6. The fourth-order valence-corrected chi connectivity index (χ4v) is 33.2. The lowest BCUT2D eigenvalue weighted by Gasteiger charge is -2.77. The van der Waals surface area contributed by atoms with Crippen LogP contribution in [0.25, 0.3) is 0 Å². The normalized spacial score (nSPS) is 49.5. The molecule has 4 aromatic carbocycles. The maximum Gasteiger partial charge on any atom is 0.0670 e. The summed E-state index contributed by atoms with van der Waals surface area (Å²) in [4.78, 5) is 12.8. The summed E-state index contributed by atoms with van der Waals surface area (Å²) in [5.74, 6) is 4.44. The number of hydrogen-bond donors (Lipinski definition) is 0. The van der Waals surface area contributed by atoms with Crippen molar-refractivity contribution in [1.82, 2.24) is 0 Å². The topological polar surface area (TPSA) is 31.4 Å². The van der Waals surface area contributed by atoms with E-state index in [1.165, 1.54) is 138 Å². The Labute approximate surface area is 444 Å². The molecule has 6 aliphatic heterocycles. The van der Waals surface area contributed by atoms with Crippen LogP contribution >= 0.6 is 15.8 Å². The summed E-state index contributed by atoms with van der Waals surface area (Å²) in [6.07, 6.45) is 26.3. The second-order valence-electron chi connectivity index (χ2n) is 27.0. The van der Waals surface area contributed by atoms with Gasteiger partial charge in [0, 0.05) is 105 Å². The van der Waals surface area contributed by atoms with E-state index in [1.54, 1.807) is 0 Å². The van der Waals surface area contributed by atoms with Crippen LogP contribution < -0.4 is 19.6 Å². The van der Waals surface area contributed by atoms with Gasteiger partial charge in [0.15, 0.2) is 0 Å². The summed E-state index contributed by atoms with van der Waals surface area (Å²) in [5.41, 5.74) is 10.2. The highest BCUT2D eigenvalue weighted by atomic mass is 31.1. The van der Waals surface area contributed by atoms with E-state index >= 15 is 0 Å². The summed E-state index contributed by atoms with van der Waals surface area (Å²) >= 11 is 0. The van der Waals surface area contributed by atoms with Crippen molar-refractivity contribution in [3.8, 4) is 0 Å². The molecular formula is C66H80N4O2P2. The maximum atomic E-state index is 8.34. The average Bonchev–Trinajstić information content (AvgIpc) is 3.62. The molecule has 74 heavy (non-hydrogen) atoms. The second kappa shape index (κ2) is 17.2. The lowest BCUT2D eigenvalue weighted by molar-refractivity contribution is -0.138. The van der Waals surface area contributed by atoms with Gasteiger partial charge in [-0.3, -0.25) is 0 Å². The smallest absolute Gasteiger partial charge is 0.0670 e. The van der Waals surface area contributed by atoms with Gasteiger partial charge in [0.1, 0.15) is 0 Å². The Hall–Kier alpha value is -3.14. The molecule has 18 rings (SSSR count). The first-order valence-electron chi connectivity index (χ1n) is 31.0. The van der Waals surface area contributed by atoms with Crippen LogP contribution in [-0.2, 0) is 9.47 Å². The van der Waals surface area contributed by atoms with E-state index in [1.807, 2.05) is 0 Å². The molecule has 6 heterocycles. The first-order valence-corrected chi connectivity index (χ1v) is 34.1. The Morgan fingerprint density at radius 2 is 0.595 bits per heavy atom. The minimum Gasteiger partial charge on any atom is -0.373 e. The Bertz CT molecular complexity index is 2540. The Balaban J connectivity index is 0.826. The van der Waals surface area contributed by atoms with E-state index in [0.717, 1.165) is 35.0 Å². The molecule has 14 aliphatic rings. The van der Waals surface area contributed by atoms with Gasteiger partial charge in [-0.2, -0.15) is 0 Å². The van der Waals surface area contributed by atoms with Crippen LogP contribution in [-0.4, -0.2) is 107 Å². The summed E-state index contributed by atoms with van der Waals surface area (Å²) in [6.45, 7) is 0. The van der Waals surface area contributed by atoms with Crippen molar-refractivity contribution >= 4 is 38.6 Å². The second-order valence-corrected chi connectivity index (χ2v) is 32.4. The fourth-order valence-electron chi connectivity index (χ4n) is 22.8. The van der Waals surface area contributed by atoms with Gasteiger partial charge < -0.3 is 29.1 Å². The minimum atomic E-state index is -0.296. The molecule has 8 aliphatic carbocycles. The number of fused-ring (bicyclic) bond motifs is 7. The molecule has 4 aromatic rings. The molecule has 6 nitrogen and oxygen atoms in total. The van der Waals surface area contributed by atoms with E-state index in [9.17, 15) is 0 Å². The molecule has 26 unspecified atom stereocenters. The highest BCUT2D eigenvalue weighted by Gasteiger charge is 2.75. The van der Waals surface area contributed by atoms with E-state index < -0.39 is 0 Å². The monoisotopic (exact) mass is 1020 g/mol. The molecule has 14 fully saturated rings. The number of rotatable bonds is 4. The van der Waals surface area contributed by atoms with E-state index in [2.05, 4.69) is 141 Å². The highest BCUT2D eigenvalue weighted by Crippen LogP contribution is 2.79.